The highest BCUT2D eigenvalue weighted by Crippen LogP contribution is 2.25. The molecule has 0 aliphatic heterocycles. The monoisotopic (exact) mass is 338 g/mol. The van der Waals surface area contributed by atoms with Gasteiger partial charge in [-0.3, -0.25) is 19.6 Å². The number of halogens is 1. The number of aromatic nitrogens is 2. The quantitative estimate of drug-likeness (QED) is 0.666. The number of nitrogens with one attached hydrogen (secondary N) is 1. The summed E-state index contributed by atoms with van der Waals surface area (Å²) in [5, 5.41) is 17.5. The number of rotatable bonds is 5. The number of amides is 1. The van der Waals surface area contributed by atoms with Crippen molar-refractivity contribution in [1.29, 1.82) is 0 Å². The van der Waals surface area contributed by atoms with E-state index in [9.17, 15) is 14.9 Å². The summed E-state index contributed by atoms with van der Waals surface area (Å²) in [6.07, 6.45) is 3.44. The smallest absolute Gasteiger partial charge is 0.284 e. The van der Waals surface area contributed by atoms with E-state index in [1.54, 1.807) is 23.1 Å². The van der Waals surface area contributed by atoms with Crippen LogP contribution < -0.4 is 5.32 Å². The molecular weight excluding hydrogens is 328 g/mol. The lowest BCUT2D eigenvalue weighted by atomic mass is 10.2. The van der Waals surface area contributed by atoms with E-state index >= 15 is 0 Å². The highest BCUT2D eigenvalue weighted by atomic mass is 79.9. The van der Waals surface area contributed by atoms with Gasteiger partial charge in [-0.1, -0.05) is 0 Å². The molecule has 1 amide bonds. The Balaban J connectivity index is 1.98. The highest BCUT2D eigenvalue weighted by molar-refractivity contribution is 9.10. The molecule has 0 saturated heterocycles. The fraction of sp³-hybridized carbons (Fsp3) is 0.167. The molecule has 0 atom stereocenters. The van der Waals surface area contributed by atoms with Crippen molar-refractivity contribution in [2.75, 3.05) is 6.54 Å². The molecule has 2 aromatic rings. The van der Waals surface area contributed by atoms with Gasteiger partial charge in [0, 0.05) is 30.6 Å². The number of nitro groups is 1. The average molecular weight is 339 g/mol. The van der Waals surface area contributed by atoms with Crippen LogP contribution in [0.25, 0.3) is 0 Å². The zero-order valence-electron chi connectivity index (χ0n) is 10.3. The van der Waals surface area contributed by atoms with Gasteiger partial charge in [0.2, 0.25) is 0 Å². The maximum absolute atomic E-state index is 11.9. The lowest BCUT2D eigenvalue weighted by Crippen LogP contribution is -2.27. The van der Waals surface area contributed by atoms with Crippen molar-refractivity contribution < 1.29 is 9.72 Å². The van der Waals surface area contributed by atoms with Crippen LogP contribution in [0.3, 0.4) is 0 Å². The second kappa shape index (κ2) is 6.29. The van der Waals surface area contributed by atoms with E-state index in [4.69, 9.17) is 0 Å². The first-order valence-electron chi connectivity index (χ1n) is 5.77. The van der Waals surface area contributed by atoms with Crippen LogP contribution in [0.2, 0.25) is 0 Å². The van der Waals surface area contributed by atoms with E-state index in [0.29, 0.717) is 17.6 Å². The van der Waals surface area contributed by atoms with E-state index in [2.05, 4.69) is 26.3 Å². The molecule has 0 spiro atoms. The molecule has 0 saturated carbocycles. The normalized spacial score (nSPS) is 10.2. The summed E-state index contributed by atoms with van der Waals surface area (Å²) in [5.74, 6) is -0.354. The van der Waals surface area contributed by atoms with E-state index in [0.717, 1.165) is 0 Å². The molecule has 7 nitrogen and oxygen atoms in total. The van der Waals surface area contributed by atoms with Gasteiger partial charge in [-0.15, -0.1) is 0 Å². The zero-order valence-corrected chi connectivity index (χ0v) is 11.9. The predicted octanol–water partition coefficient (Wildman–Crippen LogP) is 1.98. The molecule has 0 aliphatic rings. The summed E-state index contributed by atoms with van der Waals surface area (Å²) < 4.78 is 2.03. The Morgan fingerprint density at radius 1 is 1.50 bits per heavy atom. The van der Waals surface area contributed by atoms with E-state index in [-0.39, 0.29) is 17.2 Å². The first-order valence-corrected chi connectivity index (χ1v) is 6.57. The Morgan fingerprint density at radius 2 is 2.30 bits per heavy atom. The van der Waals surface area contributed by atoms with Gasteiger partial charge in [-0.2, -0.15) is 5.10 Å². The first-order chi connectivity index (χ1) is 9.58. The van der Waals surface area contributed by atoms with Gasteiger partial charge >= 0.3 is 0 Å². The molecule has 104 valence electrons. The minimum Gasteiger partial charge on any atom is -0.350 e. The van der Waals surface area contributed by atoms with Crippen LogP contribution in [0, 0.1) is 10.1 Å². The van der Waals surface area contributed by atoms with Crippen molar-refractivity contribution >= 4 is 27.5 Å². The highest BCUT2D eigenvalue weighted by Gasteiger charge is 2.15. The molecule has 1 heterocycles. The standard InChI is InChI=1S/C12H11BrN4O3/c13-10-3-2-9(8-11(10)17(19)20)12(18)14-5-7-16-6-1-4-15-16/h1-4,6,8H,5,7H2,(H,14,18). The van der Waals surface area contributed by atoms with Crippen molar-refractivity contribution in [3.8, 4) is 0 Å². The molecule has 0 bridgehead atoms. The maximum atomic E-state index is 11.9. The molecule has 1 N–H and O–H groups in total. The predicted molar refractivity (Wildman–Crippen MR) is 75.4 cm³/mol. The largest absolute Gasteiger partial charge is 0.350 e. The summed E-state index contributed by atoms with van der Waals surface area (Å²) in [5.41, 5.74) is 0.116. The summed E-state index contributed by atoms with van der Waals surface area (Å²) in [4.78, 5) is 22.1. The fourth-order valence-corrected chi connectivity index (χ4v) is 2.00. The summed E-state index contributed by atoms with van der Waals surface area (Å²) in [6, 6.07) is 6.05. The zero-order chi connectivity index (χ0) is 14.5. The second-order valence-corrected chi connectivity index (χ2v) is 4.80. The Labute approximate surface area is 122 Å². The van der Waals surface area contributed by atoms with Crippen LogP contribution in [0.4, 0.5) is 5.69 Å². The lowest BCUT2D eigenvalue weighted by molar-refractivity contribution is -0.385. The number of hydrogen-bond donors (Lipinski definition) is 1. The molecular formula is C12H11BrN4O3. The number of nitrogens with zero attached hydrogens (tertiary/aromatic N) is 3. The molecule has 0 fully saturated rings. The molecule has 1 aromatic carbocycles. The molecule has 20 heavy (non-hydrogen) atoms. The third-order valence-electron chi connectivity index (χ3n) is 2.59. The lowest BCUT2D eigenvalue weighted by Gasteiger charge is -2.06. The van der Waals surface area contributed by atoms with Crippen LogP contribution in [0.15, 0.2) is 41.1 Å². The van der Waals surface area contributed by atoms with Crippen molar-refractivity contribution in [2.45, 2.75) is 6.54 Å². The first kappa shape index (κ1) is 14.2. The van der Waals surface area contributed by atoms with Gasteiger partial charge in [-0.05, 0) is 34.1 Å². The molecule has 2 rings (SSSR count). The average Bonchev–Trinajstić information content (AvgIpc) is 2.92. The van der Waals surface area contributed by atoms with Gasteiger partial charge in [0.25, 0.3) is 11.6 Å². The van der Waals surface area contributed by atoms with Gasteiger partial charge < -0.3 is 5.32 Å². The van der Waals surface area contributed by atoms with Crippen molar-refractivity contribution in [2.24, 2.45) is 0 Å². The third kappa shape index (κ3) is 3.41. The Kier molecular flexibility index (Phi) is 4.46. The Bertz CT molecular complexity index is 628. The molecule has 8 heteroatoms. The second-order valence-electron chi connectivity index (χ2n) is 3.95. The van der Waals surface area contributed by atoms with Crippen molar-refractivity contribution in [3.63, 3.8) is 0 Å². The molecule has 0 aliphatic carbocycles. The SMILES string of the molecule is O=C(NCCn1cccn1)c1ccc(Br)c([N+](=O)[O-])c1. The topological polar surface area (TPSA) is 90.1 Å². The number of hydrogen-bond acceptors (Lipinski definition) is 4. The maximum Gasteiger partial charge on any atom is 0.284 e. The van der Waals surface area contributed by atoms with Gasteiger partial charge in [0.1, 0.15) is 0 Å². The fourth-order valence-electron chi connectivity index (χ4n) is 1.61. The van der Waals surface area contributed by atoms with E-state index < -0.39 is 4.92 Å². The van der Waals surface area contributed by atoms with Crippen LogP contribution in [-0.4, -0.2) is 27.2 Å². The number of nitro benzene ring substituents is 1. The molecule has 0 unspecified atom stereocenters. The Hall–Kier alpha value is -2.22. The third-order valence-corrected chi connectivity index (χ3v) is 3.26. The van der Waals surface area contributed by atoms with Crippen LogP contribution in [0.5, 0.6) is 0 Å². The number of benzene rings is 1. The van der Waals surface area contributed by atoms with Gasteiger partial charge in [0.05, 0.1) is 15.9 Å². The van der Waals surface area contributed by atoms with Gasteiger partial charge in [-0.25, -0.2) is 0 Å². The minimum atomic E-state index is -0.537. The Morgan fingerprint density at radius 3 is 2.95 bits per heavy atom. The van der Waals surface area contributed by atoms with Crippen molar-refractivity contribution in [3.05, 3.63) is 56.8 Å². The van der Waals surface area contributed by atoms with Crippen LogP contribution >= 0.6 is 15.9 Å². The minimum absolute atomic E-state index is 0.135. The summed E-state index contributed by atoms with van der Waals surface area (Å²) >= 11 is 3.07. The number of carbonyl (C=O) groups excluding carboxylic acids is 1. The van der Waals surface area contributed by atoms with Crippen molar-refractivity contribution in [1.82, 2.24) is 15.1 Å². The van der Waals surface area contributed by atoms with Crippen LogP contribution in [0.1, 0.15) is 10.4 Å². The molecule has 1 aromatic heterocycles. The summed E-state index contributed by atoms with van der Waals surface area (Å²) in [6.45, 7) is 0.932. The number of carbonyl (C=O) groups is 1. The van der Waals surface area contributed by atoms with Gasteiger partial charge in [0.15, 0.2) is 0 Å². The van der Waals surface area contributed by atoms with E-state index in [1.807, 2.05) is 0 Å². The van der Waals surface area contributed by atoms with E-state index in [1.165, 1.54) is 18.2 Å². The molecule has 0 radical (unpaired) electrons. The van der Waals surface area contributed by atoms with Crippen LogP contribution in [-0.2, 0) is 6.54 Å². The summed E-state index contributed by atoms with van der Waals surface area (Å²) in [7, 11) is 0.